The third-order valence-electron chi connectivity index (χ3n) is 1.81. The largest absolute Gasteiger partial charge is 0.477 e. The molecule has 4 nitrogen and oxygen atoms in total. The van der Waals surface area contributed by atoms with E-state index < -0.39 is 9.24 Å². The molecule has 1 aliphatic heterocycles. The van der Waals surface area contributed by atoms with Gasteiger partial charge in [-0.3, -0.25) is 0 Å². The highest BCUT2D eigenvalue weighted by atomic mass is 35.7. The minimum Gasteiger partial charge on any atom is -0.477 e. The second-order valence-electron chi connectivity index (χ2n) is 2.94. The van der Waals surface area contributed by atoms with Gasteiger partial charge in [-0.05, 0) is 6.92 Å². The molecule has 0 bridgehead atoms. The predicted octanol–water partition coefficient (Wildman–Crippen LogP) is 1.48. The highest BCUT2D eigenvalue weighted by Gasteiger charge is 2.15. The van der Waals surface area contributed by atoms with Crippen molar-refractivity contribution in [3.63, 3.8) is 0 Å². The van der Waals surface area contributed by atoms with Crippen molar-refractivity contribution in [2.75, 3.05) is 6.61 Å². The number of ether oxygens (including phenoxy) is 1. The maximum Gasteiger partial charge on any atom is 0.343 e. The Hall–Kier alpha value is -0.550. The number of rotatable bonds is 1. The second-order valence-corrected chi connectivity index (χ2v) is 5.12. The van der Waals surface area contributed by atoms with Gasteiger partial charge in [-0.25, -0.2) is 0 Å². The molecule has 1 aliphatic rings. The predicted molar refractivity (Wildman–Crippen MR) is 51.1 cm³/mol. The molecule has 0 saturated carbocycles. The first kappa shape index (κ1) is 10.5. The summed E-state index contributed by atoms with van der Waals surface area (Å²) in [4.78, 5) is 0. The molecule has 6 heteroatoms. The van der Waals surface area contributed by atoms with Gasteiger partial charge < -0.3 is 4.74 Å². The van der Waals surface area contributed by atoms with E-state index in [1.165, 1.54) is 0 Å². The Kier molecular flexibility index (Phi) is 2.98. The summed E-state index contributed by atoms with van der Waals surface area (Å²) in [7, 11) is 1.05. The molecule has 1 unspecified atom stereocenters. The van der Waals surface area contributed by atoms with Crippen LogP contribution in [0.4, 0.5) is 0 Å². The molecular weight excluding hydrogens is 214 g/mol. The van der Waals surface area contributed by atoms with Crippen LogP contribution in [0.1, 0.15) is 13.8 Å². The van der Waals surface area contributed by atoms with Crippen LogP contribution in [0.2, 0.25) is 0 Å². The molecule has 0 saturated heterocycles. The summed E-state index contributed by atoms with van der Waals surface area (Å²) < 4.78 is 29.4. The molecule has 0 aromatic carbocycles. The van der Waals surface area contributed by atoms with E-state index in [0.29, 0.717) is 6.61 Å². The van der Waals surface area contributed by atoms with Crippen LogP contribution < -0.4 is 0 Å². The molecule has 0 radical (unpaired) electrons. The molecule has 0 amide bonds. The molecule has 1 atom stereocenters. The van der Waals surface area contributed by atoms with Gasteiger partial charge in [-0.1, -0.05) is 12.5 Å². The van der Waals surface area contributed by atoms with Crippen molar-refractivity contribution >= 4 is 25.8 Å². The van der Waals surface area contributed by atoms with Gasteiger partial charge in [0.2, 0.25) is 5.90 Å². The zero-order chi connectivity index (χ0) is 10.1. The minimum absolute atomic E-state index is 0.0607. The zero-order valence-corrected chi connectivity index (χ0v) is 8.89. The molecule has 1 rings (SSSR count). The number of halogens is 1. The maximum atomic E-state index is 10.6. The van der Waals surface area contributed by atoms with Crippen LogP contribution in [-0.4, -0.2) is 20.9 Å². The fourth-order valence-corrected chi connectivity index (χ4v) is 1.41. The quantitative estimate of drug-likeness (QED) is 0.633. The van der Waals surface area contributed by atoms with Crippen molar-refractivity contribution < 1.29 is 13.2 Å². The van der Waals surface area contributed by atoms with Crippen LogP contribution in [0.3, 0.4) is 0 Å². The molecule has 0 N–H and O–H groups in total. The van der Waals surface area contributed by atoms with E-state index in [0.717, 1.165) is 5.57 Å². The molecule has 1 heterocycles. The summed E-state index contributed by atoms with van der Waals surface area (Å²) in [6, 6.07) is 0. The maximum absolute atomic E-state index is 10.6. The first-order valence-corrected chi connectivity index (χ1v) is 6.00. The summed E-state index contributed by atoms with van der Waals surface area (Å²) >= 11 is 0. The standard InChI is InChI=1S/C7H10ClNO3S/c1-5-3-7(9-13(8,10)11)12-4-6(5)2/h3,6H,4H2,1-2H3/b9-7+. The first-order valence-electron chi connectivity index (χ1n) is 3.74. The summed E-state index contributed by atoms with van der Waals surface area (Å²) in [5, 5.41) is 0. The monoisotopic (exact) mass is 223 g/mol. The third-order valence-corrected chi connectivity index (χ3v) is 2.41. The van der Waals surface area contributed by atoms with Gasteiger partial charge in [0.15, 0.2) is 0 Å². The van der Waals surface area contributed by atoms with Crippen LogP contribution in [0, 0.1) is 5.92 Å². The summed E-state index contributed by atoms with van der Waals surface area (Å²) in [6.45, 7) is 4.31. The molecule has 13 heavy (non-hydrogen) atoms. The SMILES string of the molecule is CC1=C/C(=N\S(=O)(=O)Cl)OCC1C. The minimum atomic E-state index is -3.87. The Balaban J connectivity index is 2.93. The van der Waals surface area contributed by atoms with E-state index in [1.807, 2.05) is 13.8 Å². The van der Waals surface area contributed by atoms with Gasteiger partial charge in [-0.15, -0.1) is 4.40 Å². The molecule has 0 spiro atoms. The van der Waals surface area contributed by atoms with E-state index in [2.05, 4.69) is 4.40 Å². The number of hydrogen-bond acceptors (Lipinski definition) is 3. The van der Waals surface area contributed by atoms with Gasteiger partial charge in [0, 0.05) is 22.7 Å². The topological polar surface area (TPSA) is 55.7 Å². The van der Waals surface area contributed by atoms with E-state index >= 15 is 0 Å². The lowest BCUT2D eigenvalue weighted by molar-refractivity contribution is 0.259. The fourth-order valence-electron chi connectivity index (χ4n) is 0.881. The molecule has 0 aromatic rings. The van der Waals surface area contributed by atoms with Crippen LogP contribution in [0.25, 0.3) is 0 Å². The zero-order valence-electron chi connectivity index (χ0n) is 7.32. The second kappa shape index (κ2) is 3.67. The van der Waals surface area contributed by atoms with Crippen molar-refractivity contribution in [3.05, 3.63) is 11.6 Å². The highest BCUT2D eigenvalue weighted by molar-refractivity contribution is 8.12. The van der Waals surface area contributed by atoms with Crippen LogP contribution in [0.15, 0.2) is 16.0 Å². The Morgan fingerprint density at radius 2 is 2.31 bits per heavy atom. The van der Waals surface area contributed by atoms with E-state index in [9.17, 15) is 8.42 Å². The van der Waals surface area contributed by atoms with Crippen molar-refractivity contribution in [2.45, 2.75) is 13.8 Å². The van der Waals surface area contributed by atoms with Gasteiger partial charge in [0.1, 0.15) is 0 Å². The van der Waals surface area contributed by atoms with E-state index in [-0.39, 0.29) is 11.8 Å². The number of hydrogen-bond donors (Lipinski definition) is 0. The van der Waals surface area contributed by atoms with Crippen molar-refractivity contribution in [1.82, 2.24) is 0 Å². The number of nitrogens with zero attached hydrogens (tertiary/aromatic N) is 1. The summed E-state index contributed by atoms with van der Waals surface area (Å²) in [6.07, 6.45) is 1.58. The molecule has 0 fully saturated rings. The highest BCUT2D eigenvalue weighted by Crippen LogP contribution is 2.16. The Labute approximate surface area is 81.8 Å². The Morgan fingerprint density at radius 1 is 1.69 bits per heavy atom. The van der Waals surface area contributed by atoms with Crippen LogP contribution in [-0.2, 0) is 14.0 Å². The summed E-state index contributed by atoms with van der Waals surface area (Å²) in [5.74, 6) is 0.350. The normalized spacial score (nSPS) is 26.8. The van der Waals surface area contributed by atoms with Crippen LogP contribution in [0.5, 0.6) is 0 Å². The average molecular weight is 224 g/mol. The molecule has 0 aliphatic carbocycles. The van der Waals surface area contributed by atoms with Gasteiger partial charge in [-0.2, -0.15) is 8.42 Å². The molecule has 74 valence electrons. The van der Waals surface area contributed by atoms with Gasteiger partial charge in [0.05, 0.1) is 6.61 Å². The van der Waals surface area contributed by atoms with E-state index in [4.69, 9.17) is 15.4 Å². The lowest BCUT2D eigenvalue weighted by atomic mass is 10.0. The van der Waals surface area contributed by atoms with E-state index in [1.54, 1.807) is 6.08 Å². The van der Waals surface area contributed by atoms with Crippen molar-refractivity contribution in [3.8, 4) is 0 Å². The van der Waals surface area contributed by atoms with Gasteiger partial charge >= 0.3 is 9.24 Å². The Bertz CT molecular complexity index is 358. The molecule has 0 aromatic heterocycles. The van der Waals surface area contributed by atoms with Crippen molar-refractivity contribution in [2.24, 2.45) is 10.3 Å². The average Bonchev–Trinajstić information content (AvgIpc) is 1.94. The molecular formula is C7H10ClNO3S. The lowest BCUT2D eigenvalue weighted by Gasteiger charge is -2.18. The first-order chi connectivity index (χ1) is 5.88. The van der Waals surface area contributed by atoms with Crippen LogP contribution >= 0.6 is 10.7 Å². The summed E-state index contributed by atoms with van der Waals surface area (Å²) in [5.41, 5.74) is 1.03. The van der Waals surface area contributed by atoms with Crippen molar-refractivity contribution in [1.29, 1.82) is 0 Å². The lowest BCUT2D eigenvalue weighted by Crippen LogP contribution is -2.18. The fraction of sp³-hybridized carbons (Fsp3) is 0.571. The Morgan fingerprint density at radius 3 is 2.77 bits per heavy atom. The van der Waals surface area contributed by atoms with Gasteiger partial charge in [0.25, 0.3) is 0 Å². The smallest absolute Gasteiger partial charge is 0.343 e. The third kappa shape index (κ3) is 3.36.